The van der Waals surface area contributed by atoms with Crippen LogP contribution in [0.1, 0.15) is 23.1 Å². The van der Waals surface area contributed by atoms with E-state index in [1.807, 2.05) is 51.1 Å². The van der Waals surface area contributed by atoms with Crippen molar-refractivity contribution in [3.63, 3.8) is 0 Å². The molecule has 0 unspecified atom stereocenters. The van der Waals surface area contributed by atoms with Crippen molar-refractivity contribution < 1.29 is 18.7 Å². The highest BCUT2D eigenvalue weighted by Crippen LogP contribution is 2.40. The topological polar surface area (TPSA) is 86.5 Å². The first-order valence-electron chi connectivity index (χ1n) is 9.94. The summed E-state index contributed by atoms with van der Waals surface area (Å²) in [7, 11) is 3.25. The van der Waals surface area contributed by atoms with Crippen molar-refractivity contribution in [3.8, 4) is 22.6 Å². The van der Waals surface area contributed by atoms with Crippen LogP contribution in [0.15, 0.2) is 47.1 Å². The summed E-state index contributed by atoms with van der Waals surface area (Å²) < 4.78 is 16.9. The normalized spacial score (nSPS) is 11.6. The average Bonchev–Trinajstić information content (AvgIpc) is 3.39. The van der Waals surface area contributed by atoms with Gasteiger partial charge >= 0.3 is 0 Å². The molecule has 2 aromatic heterocycles. The minimum absolute atomic E-state index is 0.277. The summed E-state index contributed by atoms with van der Waals surface area (Å²) in [5, 5.41) is 12.8. The highest BCUT2D eigenvalue weighted by atomic mass is 32.1. The molecule has 0 atom stereocenters. The van der Waals surface area contributed by atoms with Gasteiger partial charge in [0.2, 0.25) is 11.0 Å². The molecule has 8 heteroatoms. The van der Waals surface area contributed by atoms with E-state index in [-0.39, 0.29) is 5.91 Å². The fraction of sp³-hybridized carbons (Fsp3) is 0.208. The predicted octanol–water partition coefficient (Wildman–Crippen LogP) is 5.63. The Balaban J connectivity index is 1.76. The van der Waals surface area contributed by atoms with E-state index in [4.69, 9.17) is 13.9 Å². The van der Waals surface area contributed by atoms with E-state index in [0.29, 0.717) is 10.9 Å². The second kappa shape index (κ2) is 8.84. The van der Waals surface area contributed by atoms with Crippen LogP contribution < -0.4 is 14.8 Å². The standard InChI is InChI=1S/C24H23N3O4S/c1-13(10-21(28)25-24-27-26-15(3)32-24)18-11-19-20(16-6-8-17(29-4)9-7-16)12-31-23(19)14(2)22(18)30-5/h6-12H,1-5H3,(H,25,27,28)/b13-10+. The van der Waals surface area contributed by atoms with Crippen molar-refractivity contribution in [2.75, 3.05) is 19.5 Å². The summed E-state index contributed by atoms with van der Waals surface area (Å²) in [5.41, 5.74) is 5.15. The summed E-state index contributed by atoms with van der Waals surface area (Å²) in [6.07, 6.45) is 3.28. The minimum atomic E-state index is -0.277. The van der Waals surface area contributed by atoms with Crippen LogP contribution in [0.3, 0.4) is 0 Å². The highest BCUT2D eigenvalue weighted by Gasteiger charge is 2.19. The summed E-state index contributed by atoms with van der Waals surface area (Å²) in [5.74, 6) is 1.18. The Morgan fingerprint density at radius 1 is 1.12 bits per heavy atom. The van der Waals surface area contributed by atoms with Crippen molar-refractivity contribution in [2.45, 2.75) is 20.8 Å². The maximum Gasteiger partial charge on any atom is 0.250 e. The zero-order chi connectivity index (χ0) is 22.8. The number of carbonyl (C=O) groups is 1. The number of methoxy groups -OCH3 is 2. The lowest BCUT2D eigenvalue weighted by molar-refractivity contribution is -0.111. The van der Waals surface area contributed by atoms with Crippen LogP contribution in [0.4, 0.5) is 5.13 Å². The summed E-state index contributed by atoms with van der Waals surface area (Å²) >= 11 is 1.32. The number of ether oxygens (including phenoxy) is 2. The quantitative estimate of drug-likeness (QED) is 0.384. The maximum absolute atomic E-state index is 12.5. The Labute approximate surface area is 189 Å². The molecule has 4 rings (SSSR count). The van der Waals surface area contributed by atoms with E-state index in [9.17, 15) is 4.79 Å². The van der Waals surface area contributed by atoms with Gasteiger partial charge in [0.1, 0.15) is 22.1 Å². The van der Waals surface area contributed by atoms with Crippen molar-refractivity contribution in [1.82, 2.24) is 10.2 Å². The summed E-state index contributed by atoms with van der Waals surface area (Å²) in [6, 6.07) is 9.80. The molecule has 0 bridgehead atoms. The second-order valence-corrected chi connectivity index (χ2v) is 8.46. The van der Waals surface area contributed by atoms with Gasteiger partial charge in [-0.3, -0.25) is 10.1 Å². The minimum Gasteiger partial charge on any atom is -0.497 e. The molecule has 0 saturated heterocycles. The Hall–Kier alpha value is -3.65. The van der Waals surface area contributed by atoms with Gasteiger partial charge < -0.3 is 13.9 Å². The SMILES string of the molecule is COc1ccc(-c2coc3c(C)c(OC)c(/C(C)=C/C(=O)Nc4nnc(C)s4)cc23)cc1. The van der Waals surface area contributed by atoms with E-state index in [0.717, 1.165) is 49.6 Å². The van der Waals surface area contributed by atoms with E-state index in [2.05, 4.69) is 15.5 Å². The number of rotatable bonds is 6. The van der Waals surface area contributed by atoms with Gasteiger partial charge in [0, 0.05) is 28.2 Å². The second-order valence-electron chi connectivity index (χ2n) is 7.28. The summed E-state index contributed by atoms with van der Waals surface area (Å²) in [6.45, 7) is 5.66. The molecule has 2 aromatic carbocycles. The Kier molecular flexibility index (Phi) is 5.96. The zero-order valence-corrected chi connectivity index (χ0v) is 19.3. The van der Waals surface area contributed by atoms with Gasteiger partial charge in [0.15, 0.2) is 0 Å². The molecule has 0 aliphatic carbocycles. The Bertz CT molecular complexity index is 1320. The number of benzene rings is 2. The average molecular weight is 450 g/mol. The fourth-order valence-electron chi connectivity index (χ4n) is 3.63. The van der Waals surface area contributed by atoms with E-state index >= 15 is 0 Å². The first-order chi connectivity index (χ1) is 15.4. The number of amides is 1. The molecule has 2 heterocycles. The molecule has 7 nitrogen and oxygen atoms in total. The van der Waals surface area contributed by atoms with Crippen LogP contribution in [0.5, 0.6) is 11.5 Å². The monoisotopic (exact) mass is 449 g/mol. The molecule has 4 aromatic rings. The largest absolute Gasteiger partial charge is 0.497 e. The van der Waals surface area contributed by atoms with E-state index < -0.39 is 0 Å². The molecular weight excluding hydrogens is 426 g/mol. The molecule has 0 saturated carbocycles. The number of aromatic nitrogens is 2. The molecule has 0 radical (unpaired) electrons. The Morgan fingerprint density at radius 2 is 1.88 bits per heavy atom. The van der Waals surface area contributed by atoms with Gasteiger partial charge in [0.05, 0.1) is 20.5 Å². The number of hydrogen-bond donors (Lipinski definition) is 1. The van der Waals surface area contributed by atoms with Gasteiger partial charge in [-0.2, -0.15) is 0 Å². The third-order valence-electron chi connectivity index (χ3n) is 5.18. The number of nitrogens with one attached hydrogen (secondary N) is 1. The highest BCUT2D eigenvalue weighted by molar-refractivity contribution is 7.15. The first kappa shape index (κ1) is 21.6. The van der Waals surface area contributed by atoms with Gasteiger partial charge in [-0.15, -0.1) is 10.2 Å². The molecule has 0 fully saturated rings. The molecule has 164 valence electrons. The number of aryl methyl sites for hydroxylation is 2. The van der Waals surface area contributed by atoms with Gasteiger partial charge in [-0.1, -0.05) is 23.5 Å². The van der Waals surface area contributed by atoms with Crippen LogP contribution in [-0.2, 0) is 4.79 Å². The van der Waals surface area contributed by atoms with Crippen LogP contribution in [-0.4, -0.2) is 30.3 Å². The molecular formula is C24H23N3O4S. The van der Waals surface area contributed by atoms with Crippen molar-refractivity contribution in [1.29, 1.82) is 0 Å². The lowest BCUT2D eigenvalue weighted by Gasteiger charge is -2.13. The number of fused-ring (bicyclic) bond motifs is 1. The number of anilines is 1. The van der Waals surface area contributed by atoms with Gasteiger partial charge in [0.25, 0.3) is 0 Å². The third-order valence-corrected chi connectivity index (χ3v) is 5.93. The number of allylic oxidation sites excluding steroid dienone is 1. The number of hydrogen-bond acceptors (Lipinski definition) is 7. The van der Waals surface area contributed by atoms with E-state index in [1.165, 1.54) is 17.4 Å². The number of carbonyl (C=O) groups excluding carboxylic acids is 1. The zero-order valence-electron chi connectivity index (χ0n) is 18.5. The first-order valence-corrected chi connectivity index (χ1v) is 10.8. The van der Waals surface area contributed by atoms with Crippen molar-refractivity contribution in [3.05, 3.63) is 58.8 Å². The molecule has 1 amide bonds. The van der Waals surface area contributed by atoms with Gasteiger partial charge in [-0.25, -0.2) is 0 Å². The number of furan rings is 1. The maximum atomic E-state index is 12.5. The van der Waals surface area contributed by atoms with Crippen LogP contribution in [0.25, 0.3) is 27.7 Å². The van der Waals surface area contributed by atoms with Crippen molar-refractivity contribution in [2.24, 2.45) is 0 Å². The predicted molar refractivity (Wildman–Crippen MR) is 126 cm³/mol. The molecule has 0 spiro atoms. The summed E-state index contributed by atoms with van der Waals surface area (Å²) in [4.78, 5) is 12.5. The molecule has 0 aliphatic heterocycles. The fourth-order valence-corrected chi connectivity index (χ4v) is 4.22. The van der Waals surface area contributed by atoms with Crippen LogP contribution in [0.2, 0.25) is 0 Å². The van der Waals surface area contributed by atoms with Crippen molar-refractivity contribution >= 4 is 38.9 Å². The number of nitrogens with zero attached hydrogens (tertiary/aromatic N) is 2. The third kappa shape index (κ3) is 4.09. The Morgan fingerprint density at radius 3 is 2.50 bits per heavy atom. The molecule has 1 N–H and O–H groups in total. The van der Waals surface area contributed by atoms with Crippen LogP contribution >= 0.6 is 11.3 Å². The van der Waals surface area contributed by atoms with E-state index in [1.54, 1.807) is 20.5 Å². The lowest BCUT2D eigenvalue weighted by Crippen LogP contribution is -2.08. The van der Waals surface area contributed by atoms with Gasteiger partial charge in [-0.05, 0) is 50.1 Å². The molecule has 32 heavy (non-hydrogen) atoms. The van der Waals surface area contributed by atoms with Crippen LogP contribution in [0, 0.1) is 13.8 Å². The molecule has 0 aliphatic rings. The smallest absolute Gasteiger partial charge is 0.250 e. The lowest BCUT2D eigenvalue weighted by atomic mass is 9.96.